The van der Waals surface area contributed by atoms with E-state index in [0.29, 0.717) is 19.5 Å². The molecule has 3 aromatic carbocycles. The average molecular weight is 400 g/mol. The summed E-state index contributed by atoms with van der Waals surface area (Å²) in [5, 5.41) is 4.00. The molecule has 2 aliphatic heterocycles. The fourth-order valence-electron chi connectivity index (χ4n) is 3.78. The molecule has 0 aliphatic carbocycles. The number of carbonyl (C=O) groups excluding carboxylic acids is 1. The number of amidine groups is 1. The summed E-state index contributed by atoms with van der Waals surface area (Å²) in [7, 11) is 0. The standard InChI is InChI=1S/C24H21N3OS/c28-23-15-22-24(25-20-13-7-8-14-21(20)29-22)27(17-19-11-5-2-6-12-19)26(23)16-18-9-3-1-4-10-18/h1-14,22H,15-17H2/t22-/m0/s1. The summed E-state index contributed by atoms with van der Waals surface area (Å²) in [6.45, 7) is 1.17. The molecule has 144 valence electrons. The molecule has 0 saturated carbocycles. The molecular weight excluding hydrogens is 378 g/mol. The summed E-state index contributed by atoms with van der Waals surface area (Å²) >= 11 is 1.75. The third kappa shape index (κ3) is 3.66. The number of hydrogen-bond donors (Lipinski definition) is 0. The maximum atomic E-state index is 13.2. The zero-order chi connectivity index (χ0) is 19.6. The number of fused-ring (bicyclic) bond motifs is 2. The van der Waals surface area contributed by atoms with Gasteiger partial charge in [-0.3, -0.25) is 9.80 Å². The predicted molar refractivity (Wildman–Crippen MR) is 117 cm³/mol. The molecular formula is C24H21N3OS. The van der Waals surface area contributed by atoms with E-state index in [1.165, 1.54) is 0 Å². The van der Waals surface area contributed by atoms with Crippen LogP contribution in [0, 0.1) is 0 Å². The molecule has 29 heavy (non-hydrogen) atoms. The molecule has 1 amide bonds. The predicted octanol–water partition coefficient (Wildman–Crippen LogP) is 5.04. The fourth-order valence-corrected chi connectivity index (χ4v) is 4.99. The lowest BCUT2D eigenvalue weighted by Gasteiger charge is -2.45. The zero-order valence-corrected chi connectivity index (χ0v) is 16.8. The van der Waals surface area contributed by atoms with E-state index in [1.807, 2.05) is 59.6 Å². The summed E-state index contributed by atoms with van der Waals surface area (Å²) in [6.07, 6.45) is 0.468. The third-order valence-electron chi connectivity index (χ3n) is 5.21. The van der Waals surface area contributed by atoms with Gasteiger partial charge in [0.05, 0.1) is 24.0 Å². The topological polar surface area (TPSA) is 35.9 Å². The molecule has 0 radical (unpaired) electrons. The van der Waals surface area contributed by atoms with Gasteiger partial charge in [0.1, 0.15) is 5.84 Å². The molecule has 2 heterocycles. The minimum Gasteiger partial charge on any atom is -0.273 e. The Kier molecular flexibility index (Phi) is 4.82. The molecule has 1 atom stereocenters. The van der Waals surface area contributed by atoms with Gasteiger partial charge in [-0.2, -0.15) is 0 Å². The van der Waals surface area contributed by atoms with Crippen molar-refractivity contribution >= 4 is 29.2 Å². The van der Waals surface area contributed by atoms with E-state index in [1.54, 1.807) is 11.8 Å². The molecule has 5 rings (SSSR count). The van der Waals surface area contributed by atoms with Gasteiger partial charge in [0, 0.05) is 11.3 Å². The van der Waals surface area contributed by atoms with Crippen molar-refractivity contribution in [2.45, 2.75) is 29.7 Å². The van der Waals surface area contributed by atoms with Gasteiger partial charge in [-0.1, -0.05) is 72.8 Å². The Labute approximate surface area is 174 Å². The number of hydrogen-bond acceptors (Lipinski definition) is 4. The van der Waals surface area contributed by atoms with Crippen LogP contribution in [0.4, 0.5) is 5.69 Å². The normalized spacial score (nSPS) is 18.1. The molecule has 4 nitrogen and oxygen atoms in total. The van der Waals surface area contributed by atoms with Gasteiger partial charge in [0.25, 0.3) is 0 Å². The Morgan fingerprint density at radius 1 is 0.793 bits per heavy atom. The summed E-state index contributed by atoms with van der Waals surface area (Å²) in [5.41, 5.74) is 3.25. The molecule has 3 aromatic rings. The third-order valence-corrected chi connectivity index (χ3v) is 6.47. The number of para-hydroxylation sites is 1. The van der Waals surface area contributed by atoms with Crippen LogP contribution in [0.25, 0.3) is 0 Å². The van der Waals surface area contributed by atoms with Gasteiger partial charge < -0.3 is 0 Å². The van der Waals surface area contributed by atoms with Gasteiger partial charge in [-0.25, -0.2) is 10.0 Å². The average Bonchev–Trinajstić information content (AvgIpc) is 2.76. The maximum absolute atomic E-state index is 13.2. The second-order valence-corrected chi connectivity index (χ2v) is 8.47. The molecule has 0 N–H and O–H groups in total. The highest BCUT2D eigenvalue weighted by Crippen LogP contribution is 2.42. The number of thioether (sulfide) groups is 1. The van der Waals surface area contributed by atoms with Crippen LogP contribution in [-0.4, -0.2) is 27.0 Å². The zero-order valence-electron chi connectivity index (χ0n) is 15.9. The van der Waals surface area contributed by atoms with Crippen LogP contribution >= 0.6 is 11.8 Å². The molecule has 1 fully saturated rings. The summed E-state index contributed by atoms with van der Waals surface area (Å²) in [5.74, 6) is 1.11. The van der Waals surface area contributed by atoms with Crippen molar-refractivity contribution in [3.8, 4) is 0 Å². The van der Waals surface area contributed by atoms with Crippen LogP contribution < -0.4 is 0 Å². The Bertz CT molecular complexity index is 1050. The SMILES string of the molecule is O=C1C[C@@H]2Sc3ccccc3N=C2N(Cc2ccccc2)N1Cc1ccccc1. The van der Waals surface area contributed by atoms with Crippen LogP contribution in [0.15, 0.2) is 94.8 Å². The van der Waals surface area contributed by atoms with Crippen LogP contribution in [0.3, 0.4) is 0 Å². The van der Waals surface area contributed by atoms with E-state index in [4.69, 9.17) is 4.99 Å². The van der Waals surface area contributed by atoms with Crippen molar-refractivity contribution in [2.24, 2.45) is 4.99 Å². The number of hydrazine groups is 1. The van der Waals surface area contributed by atoms with E-state index in [0.717, 1.165) is 27.5 Å². The monoisotopic (exact) mass is 399 g/mol. The lowest BCUT2D eigenvalue weighted by molar-refractivity contribution is -0.147. The highest BCUT2D eigenvalue weighted by atomic mass is 32.2. The number of carbonyl (C=O) groups is 1. The minimum absolute atomic E-state index is 0.0492. The van der Waals surface area contributed by atoms with Crippen LogP contribution in [-0.2, 0) is 17.9 Å². The number of benzene rings is 3. The van der Waals surface area contributed by atoms with Gasteiger partial charge in [-0.15, -0.1) is 11.8 Å². The summed E-state index contributed by atoms with van der Waals surface area (Å²) in [6, 6.07) is 28.6. The van der Waals surface area contributed by atoms with E-state index >= 15 is 0 Å². The second-order valence-electron chi connectivity index (χ2n) is 7.23. The lowest BCUT2D eigenvalue weighted by Crippen LogP contribution is -2.57. The number of nitrogens with zero attached hydrogens (tertiary/aromatic N) is 3. The lowest BCUT2D eigenvalue weighted by atomic mass is 10.1. The van der Waals surface area contributed by atoms with E-state index in [2.05, 4.69) is 35.3 Å². The molecule has 0 bridgehead atoms. The molecule has 2 aliphatic rings. The van der Waals surface area contributed by atoms with Crippen molar-refractivity contribution in [3.05, 3.63) is 96.1 Å². The molecule has 0 unspecified atom stereocenters. The van der Waals surface area contributed by atoms with Crippen LogP contribution in [0.2, 0.25) is 0 Å². The summed E-state index contributed by atoms with van der Waals surface area (Å²) < 4.78 is 0. The quantitative estimate of drug-likeness (QED) is 0.617. The Hall–Kier alpha value is -3.05. The first-order valence-corrected chi connectivity index (χ1v) is 10.7. The first-order chi connectivity index (χ1) is 14.3. The first kappa shape index (κ1) is 18.0. The van der Waals surface area contributed by atoms with Crippen molar-refractivity contribution in [1.29, 1.82) is 0 Å². The van der Waals surface area contributed by atoms with Gasteiger partial charge in [0.2, 0.25) is 5.91 Å². The molecule has 0 aromatic heterocycles. The van der Waals surface area contributed by atoms with E-state index in [9.17, 15) is 4.79 Å². The second kappa shape index (κ2) is 7.76. The minimum atomic E-state index is 0.0492. The van der Waals surface area contributed by atoms with Crippen molar-refractivity contribution in [3.63, 3.8) is 0 Å². The smallest absolute Gasteiger partial charge is 0.243 e. The summed E-state index contributed by atoms with van der Waals surface area (Å²) in [4.78, 5) is 19.3. The van der Waals surface area contributed by atoms with Gasteiger partial charge in [-0.05, 0) is 23.3 Å². The Morgan fingerprint density at radius 3 is 2.07 bits per heavy atom. The number of aliphatic imine (C=N–C) groups is 1. The number of rotatable bonds is 4. The Balaban J connectivity index is 1.55. The molecule has 5 heteroatoms. The largest absolute Gasteiger partial charge is 0.273 e. The van der Waals surface area contributed by atoms with Gasteiger partial charge >= 0.3 is 0 Å². The molecule has 1 saturated heterocycles. The van der Waals surface area contributed by atoms with E-state index in [-0.39, 0.29) is 11.2 Å². The molecule has 0 spiro atoms. The van der Waals surface area contributed by atoms with Crippen LogP contribution in [0.1, 0.15) is 17.5 Å². The van der Waals surface area contributed by atoms with E-state index < -0.39 is 0 Å². The number of amides is 1. The van der Waals surface area contributed by atoms with Crippen molar-refractivity contribution in [2.75, 3.05) is 0 Å². The highest BCUT2D eigenvalue weighted by molar-refractivity contribution is 8.01. The Morgan fingerprint density at radius 2 is 1.38 bits per heavy atom. The van der Waals surface area contributed by atoms with Crippen molar-refractivity contribution < 1.29 is 4.79 Å². The maximum Gasteiger partial charge on any atom is 0.243 e. The van der Waals surface area contributed by atoms with Crippen molar-refractivity contribution in [1.82, 2.24) is 10.0 Å². The van der Waals surface area contributed by atoms with Crippen LogP contribution in [0.5, 0.6) is 0 Å². The van der Waals surface area contributed by atoms with Gasteiger partial charge in [0.15, 0.2) is 0 Å². The highest BCUT2D eigenvalue weighted by Gasteiger charge is 2.39. The fraction of sp³-hybridized carbons (Fsp3) is 0.167. The first-order valence-electron chi connectivity index (χ1n) is 9.78.